The van der Waals surface area contributed by atoms with Gasteiger partial charge in [-0.05, 0) is 19.4 Å². The van der Waals surface area contributed by atoms with Crippen LogP contribution in [0.4, 0.5) is 0 Å². The van der Waals surface area contributed by atoms with Crippen molar-refractivity contribution in [1.82, 2.24) is 24.9 Å². The monoisotopic (exact) mass is 307 g/mol. The first-order valence-electron chi connectivity index (χ1n) is 7.71. The van der Waals surface area contributed by atoms with E-state index in [9.17, 15) is 9.59 Å². The van der Waals surface area contributed by atoms with Crippen molar-refractivity contribution in [3.63, 3.8) is 0 Å². The lowest BCUT2D eigenvalue weighted by Crippen LogP contribution is -2.52. The van der Waals surface area contributed by atoms with Gasteiger partial charge in [-0.15, -0.1) is 0 Å². The molecule has 0 saturated carbocycles. The van der Waals surface area contributed by atoms with Gasteiger partial charge in [0.1, 0.15) is 0 Å². The highest BCUT2D eigenvalue weighted by Crippen LogP contribution is 2.02. The van der Waals surface area contributed by atoms with Crippen molar-refractivity contribution in [2.75, 3.05) is 32.7 Å². The average molecular weight is 307 g/mol. The summed E-state index contributed by atoms with van der Waals surface area (Å²) in [6.07, 6.45) is 3.81. The molecule has 0 aromatic carbocycles. The summed E-state index contributed by atoms with van der Waals surface area (Å²) in [5.41, 5.74) is 1.13. The highest BCUT2D eigenvalue weighted by Gasteiger charge is 2.22. The van der Waals surface area contributed by atoms with E-state index in [1.54, 1.807) is 11.8 Å². The maximum absolute atomic E-state index is 12.2. The molecule has 2 rings (SSSR count). The molecule has 0 bridgehead atoms. The van der Waals surface area contributed by atoms with Gasteiger partial charge in [-0.3, -0.25) is 14.3 Å². The molecule has 0 radical (unpaired) electrons. The summed E-state index contributed by atoms with van der Waals surface area (Å²) in [6, 6.07) is 0.168. The predicted molar refractivity (Wildman–Crippen MR) is 83.3 cm³/mol. The van der Waals surface area contributed by atoms with Crippen LogP contribution in [0.2, 0.25) is 0 Å². The molecule has 2 heterocycles. The topological polar surface area (TPSA) is 70.5 Å². The first kappa shape index (κ1) is 16.5. The number of aryl methyl sites for hydroxylation is 1. The summed E-state index contributed by atoms with van der Waals surface area (Å²) in [7, 11) is 0. The fraction of sp³-hybridized carbons (Fsp3) is 0.667. The zero-order valence-corrected chi connectivity index (χ0v) is 13.6. The van der Waals surface area contributed by atoms with Crippen LogP contribution in [0.1, 0.15) is 19.4 Å². The minimum Gasteiger partial charge on any atom is -0.339 e. The van der Waals surface area contributed by atoms with E-state index in [1.807, 2.05) is 35.8 Å². The third-order valence-electron chi connectivity index (χ3n) is 3.90. The molecule has 1 N–H and O–H groups in total. The molecule has 122 valence electrons. The van der Waals surface area contributed by atoms with Crippen molar-refractivity contribution in [3.8, 4) is 0 Å². The van der Waals surface area contributed by atoms with E-state index in [-0.39, 0.29) is 17.9 Å². The Hall–Kier alpha value is -1.89. The smallest absolute Gasteiger partial charge is 0.236 e. The molecule has 1 aliphatic rings. The van der Waals surface area contributed by atoms with Crippen molar-refractivity contribution in [2.45, 2.75) is 33.4 Å². The van der Waals surface area contributed by atoms with Gasteiger partial charge in [0.2, 0.25) is 11.8 Å². The largest absolute Gasteiger partial charge is 0.339 e. The molecular formula is C15H25N5O2. The summed E-state index contributed by atoms with van der Waals surface area (Å²) in [5.74, 6) is 0.167. The van der Waals surface area contributed by atoms with Gasteiger partial charge in [-0.2, -0.15) is 5.10 Å². The maximum atomic E-state index is 12.2. The van der Waals surface area contributed by atoms with Crippen molar-refractivity contribution >= 4 is 11.8 Å². The van der Waals surface area contributed by atoms with Crippen LogP contribution in [0, 0.1) is 6.92 Å². The molecule has 0 aliphatic carbocycles. The third kappa shape index (κ3) is 4.56. The van der Waals surface area contributed by atoms with E-state index >= 15 is 0 Å². The number of amides is 2. The standard InChI is InChI=1S/C15H25N5O2/c1-12-8-17-20(10-12)11-13(2)16-9-15(22)19-6-4-18(5-7-19)14(3)21/h8,10,13,16H,4-7,9,11H2,1-3H3/t13-/m0/s1. The van der Waals surface area contributed by atoms with Crippen molar-refractivity contribution in [2.24, 2.45) is 0 Å². The molecule has 22 heavy (non-hydrogen) atoms. The first-order valence-corrected chi connectivity index (χ1v) is 7.71. The number of hydrogen-bond acceptors (Lipinski definition) is 4. The minimum atomic E-state index is 0.0772. The number of rotatable bonds is 5. The van der Waals surface area contributed by atoms with Crippen LogP contribution in [0.15, 0.2) is 12.4 Å². The molecule has 1 aromatic rings. The van der Waals surface area contributed by atoms with E-state index in [4.69, 9.17) is 0 Å². The van der Waals surface area contributed by atoms with Gasteiger partial charge >= 0.3 is 0 Å². The lowest BCUT2D eigenvalue weighted by Gasteiger charge is -2.34. The van der Waals surface area contributed by atoms with E-state index in [2.05, 4.69) is 10.4 Å². The van der Waals surface area contributed by atoms with Gasteiger partial charge in [0.15, 0.2) is 0 Å². The van der Waals surface area contributed by atoms with Gasteiger partial charge in [0, 0.05) is 45.3 Å². The van der Waals surface area contributed by atoms with Crippen LogP contribution in [-0.2, 0) is 16.1 Å². The number of hydrogen-bond donors (Lipinski definition) is 1. The number of aromatic nitrogens is 2. The Labute approximate surface area is 131 Å². The number of nitrogens with one attached hydrogen (secondary N) is 1. The molecule has 1 atom stereocenters. The quantitative estimate of drug-likeness (QED) is 0.822. The van der Waals surface area contributed by atoms with Crippen molar-refractivity contribution in [1.29, 1.82) is 0 Å². The van der Waals surface area contributed by atoms with Crippen molar-refractivity contribution < 1.29 is 9.59 Å². The molecule has 1 aromatic heterocycles. The van der Waals surface area contributed by atoms with Gasteiger partial charge in [0.05, 0.1) is 19.3 Å². The van der Waals surface area contributed by atoms with Crippen LogP contribution in [-0.4, -0.2) is 70.2 Å². The van der Waals surface area contributed by atoms with Gasteiger partial charge in [-0.1, -0.05) is 0 Å². The molecule has 0 spiro atoms. The van der Waals surface area contributed by atoms with Gasteiger partial charge in [-0.25, -0.2) is 0 Å². The fourth-order valence-corrected chi connectivity index (χ4v) is 2.56. The molecule has 1 fully saturated rings. The Morgan fingerprint density at radius 1 is 1.27 bits per heavy atom. The third-order valence-corrected chi connectivity index (χ3v) is 3.90. The molecule has 0 unspecified atom stereocenters. The maximum Gasteiger partial charge on any atom is 0.236 e. The van der Waals surface area contributed by atoms with Crippen LogP contribution in [0.25, 0.3) is 0 Å². The van der Waals surface area contributed by atoms with Crippen LogP contribution < -0.4 is 5.32 Å². The fourth-order valence-electron chi connectivity index (χ4n) is 2.56. The lowest BCUT2D eigenvalue weighted by atomic mass is 10.3. The molecule has 1 aliphatic heterocycles. The second-order valence-corrected chi connectivity index (χ2v) is 5.91. The van der Waals surface area contributed by atoms with Crippen LogP contribution >= 0.6 is 0 Å². The molecule has 2 amide bonds. The normalized spacial score (nSPS) is 16.7. The van der Waals surface area contributed by atoms with Crippen LogP contribution in [0.5, 0.6) is 0 Å². The van der Waals surface area contributed by atoms with E-state index in [1.165, 1.54) is 0 Å². The highest BCUT2D eigenvalue weighted by molar-refractivity contribution is 5.79. The average Bonchev–Trinajstić information content (AvgIpc) is 2.90. The Balaban J connectivity index is 1.70. The Morgan fingerprint density at radius 2 is 1.91 bits per heavy atom. The van der Waals surface area contributed by atoms with E-state index in [0.717, 1.165) is 12.1 Å². The number of carbonyl (C=O) groups excluding carboxylic acids is 2. The van der Waals surface area contributed by atoms with Crippen molar-refractivity contribution in [3.05, 3.63) is 18.0 Å². The lowest BCUT2D eigenvalue weighted by molar-refractivity contribution is -0.137. The van der Waals surface area contributed by atoms with E-state index in [0.29, 0.717) is 32.7 Å². The summed E-state index contributed by atoms with van der Waals surface area (Å²) < 4.78 is 1.88. The summed E-state index contributed by atoms with van der Waals surface area (Å²) in [6.45, 7) is 9.16. The summed E-state index contributed by atoms with van der Waals surface area (Å²) >= 11 is 0. The molecule has 1 saturated heterocycles. The number of nitrogens with zero attached hydrogens (tertiary/aromatic N) is 4. The zero-order valence-electron chi connectivity index (χ0n) is 13.6. The molecule has 7 heteroatoms. The number of carbonyl (C=O) groups is 2. The van der Waals surface area contributed by atoms with Gasteiger partial charge < -0.3 is 15.1 Å². The summed E-state index contributed by atoms with van der Waals surface area (Å²) in [5, 5.41) is 7.48. The Morgan fingerprint density at radius 3 is 2.45 bits per heavy atom. The SMILES string of the molecule is CC(=O)N1CCN(C(=O)CN[C@@H](C)Cn2cc(C)cn2)CC1. The van der Waals surface area contributed by atoms with Crippen LogP contribution in [0.3, 0.4) is 0 Å². The minimum absolute atomic E-state index is 0.0772. The zero-order chi connectivity index (χ0) is 16.1. The second kappa shape index (κ2) is 7.40. The Kier molecular flexibility index (Phi) is 5.54. The van der Waals surface area contributed by atoms with Gasteiger partial charge in [0.25, 0.3) is 0 Å². The highest BCUT2D eigenvalue weighted by atomic mass is 16.2. The first-order chi connectivity index (χ1) is 10.5. The molecule has 7 nitrogen and oxygen atoms in total. The second-order valence-electron chi connectivity index (χ2n) is 5.91. The predicted octanol–water partition coefficient (Wildman–Crippen LogP) is -0.140. The Bertz CT molecular complexity index is 520. The van der Waals surface area contributed by atoms with E-state index < -0.39 is 0 Å². The summed E-state index contributed by atoms with van der Waals surface area (Å²) in [4.78, 5) is 27.0. The molecular weight excluding hydrogens is 282 g/mol. The number of piperazine rings is 1.